The van der Waals surface area contributed by atoms with Crippen molar-refractivity contribution in [3.8, 4) is 11.3 Å². The minimum Gasteiger partial charge on any atom is -0.463 e. The van der Waals surface area contributed by atoms with Crippen LogP contribution >= 0.6 is 27.3 Å². The number of hydrogen-bond acceptors (Lipinski definition) is 6. The molecule has 8 heteroatoms. The Kier molecular flexibility index (Phi) is 7.43. The van der Waals surface area contributed by atoms with Crippen molar-refractivity contribution in [2.24, 2.45) is 4.99 Å². The highest BCUT2D eigenvalue weighted by Crippen LogP contribution is 2.35. The quantitative estimate of drug-likeness (QED) is 0.209. The Hall–Kier alpha value is -4.27. The molecule has 0 fully saturated rings. The summed E-state index contributed by atoms with van der Waals surface area (Å²) < 4.78 is 14.6. The smallest absolute Gasteiger partial charge is 0.338 e. The Labute approximate surface area is 248 Å². The number of benzene rings is 3. The summed E-state index contributed by atoms with van der Waals surface area (Å²) in [5.74, 6) is 0.730. The molecule has 1 aliphatic heterocycles. The number of aryl methyl sites for hydroxylation is 1. The average molecular weight is 626 g/mol. The third-order valence-corrected chi connectivity index (χ3v) is 8.42. The van der Waals surface area contributed by atoms with Gasteiger partial charge >= 0.3 is 5.97 Å². The molecule has 0 saturated heterocycles. The van der Waals surface area contributed by atoms with E-state index in [-0.39, 0.29) is 12.2 Å². The Morgan fingerprint density at radius 2 is 1.78 bits per heavy atom. The maximum absolute atomic E-state index is 14.0. The molecule has 3 aromatic carbocycles. The molecule has 0 aliphatic carbocycles. The predicted molar refractivity (Wildman–Crippen MR) is 164 cm³/mol. The van der Waals surface area contributed by atoms with E-state index in [9.17, 15) is 9.59 Å². The lowest BCUT2D eigenvalue weighted by molar-refractivity contribution is -0.138. The zero-order valence-corrected chi connectivity index (χ0v) is 24.7. The van der Waals surface area contributed by atoms with Crippen molar-refractivity contribution in [1.82, 2.24) is 4.57 Å². The zero-order valence-electron chi connectivity index (χ0n) is 22.3. The Bertz CT molecular complexity index is 1970. The fraction of sp³-hybridized carbons (Fsp3) is 0.121. The van der Waals surface area contributed by atoms with Crippen LogP contribution in [-0.2, 0) is 9.53 Å². The molecule has 204 valence electrons. The second-order valence-electron chi connectivity index (χ2n) is 9.53. The van der Waals surface area contributed by atoms with Gasteiger partial charge in [0.25, 0.3) is 5.56 Å². The van der Waals surface area contributed by atoms with Crippen molar-refractivity contribution < 1.29 is 13.9 Å². The lowest BCUT2D eigenvalue weighted by atomic mass is 9.93. The number of aromatic nitrogens is 1. The van der Waals surface area contributed by atoms with Gasteiger partial charge < -0.3 is 9.15 Å². The highest BCUT2D eigenvalue weighted by molar-refractivity contribution is 9.10. The van der Waals surface area contributed by atoms with E-state index >= 15 is 0 Å². The minimum atomic E-state index is -0.709. The second kappa shape index (κ2) is 11.3. The van der Waals surface area contributed by atoms with Crippen LogP contribution in [-0.4, -0.2) is 17.1 Å². The van der Waals surface area contributed by atoms with Crippen molar-refractivity contribution in [2.75, 3.05) is 6.61 Å². The van der Waals surface area contributed by atoms with Crippen LogP contribution in [0.4, 0.5) is 0 Å². The number of furan rings is 1. The standard InChI is InChI=1S/C33H25BrN2O4S/c1-3-39-32(38)28-29(21-10-6-4-7-11-21)35-33-36(30(28)22-12-8-5-9-13-22)31(37)27(41-33)19-23-15-17-26(40-23)24-16-14-20(2)18-25(24)34/h4-19,30H,3H2,1-2H3/b27-19-/t30-/m0/s1. The van der Waals surface area contributed by atoms with Crippen LogP contribution < -0.4 is 14.9 Å². The van der Waals surface area contributed by atoms with Gasteiger partial charge in [0.2, 0.25) is 0 Å². The maximum Gasteiger partial charge on any atom is 0.338 e. The summed E-state index contributed by atoms with van der Waals surface area (Å²) >= 11 is 4.88. The summed E-state index contributed by atoms with van der Waals surface area (Å²) in [5.41, 5.74) is 4.18. The van der Waals surface area contributed by atoms with E-state index in [0.717, 1.165) is 26.7 Å². The Morgan fingerprint density at radius 1 is 1.05 bits per heavy atom. The van der Waals surface area contributed by atoms with Crippen molar-refractivity contribution >= 4 is 45.0 Å². The number of thiazole rings is 1. The maximum atomic E-state index is 14.0. The number of nitrogens with zero attached hydrogens (tertiary/aromatic N) is 2. The van der Waals surface area contributed by atoms with Crippen LogP contribution in [0.15, 0.2) is 115 Å². The number of halogens is 1. The van der Waals surface area contributed by atoms with E-state index < -0.39 is 12.0 Å². The second-order valence-corrected chi connectivity index (χ2v) is 11.4. The third kappa shape index (κ3) is 5.16. The fourth-order valence-corrected chi connectivity index (χ4v) is 6.59. The van der Waals surface area contributed by atoms with Gasteiger partial charge in [-0.2, -0.15) is 0 Å². The van der Waals surface area contributed by atoms with Gasteiger partial charge in [0, 0.05) is 21.7 Å². The van der Waals surface area contributed by atoms with Crippen LogP contribution in [0.5, 0.6) is 0 Å². The molecular weight excluding hydrogens is 600 g/mol. The molecule has 5 aromatic rings. The number of ether oxygens (including phenoxy) is 1. The van der Waals surface area contributed by atoms with Crippen LogP contribution in [0.25, 0.3) is 23.1 Å². The molecule has 0 radical (unpaired) electrons. The average Bonchev–Trinajstić information content (AvgIpc) is 3.57. The van der Waals surface area contributed by atoms with Crippen molar-refractivity contribution in [1.29, 1.82) is 0 Å². The predicted octanol–water partition coefficient (Wildman–Crippen LogP) is 6.27. The third-order valence-electron chi connectivity index (χ3n) is 6.78. The van der Waals surface area contributed by atoms with E-state index in [1.54, 1.807) is 17.6 Å². The summed E-state index contributed by atoms with van der Waals surface area (Å²) in [6, 6.07) is 28.1. The molecule has 0 spiro atoms. The summed E-state index contributed by atoms with van der Waals surface area (Å²) in [5, 5.41) is 0. The van der Waals surface area contributed by atoms with E-state index in [1.807, 2.05) is 97.9 Å². The first-order valence-corrected chi connectivity index (χ1v) is 14.8. The van der Waals surface area contributed by atoms with Gasteiger partial charge in [-0.25, -0.2) is 9.79 Å². The first-order chi connectivity index (χ1) is 19.9. The molecule has 1 atom stereocenters. The fourth-order valence-electron chi connectivity index (χ4n) is 4.92. The zero-order chi connectivity index (χ0) is 28.5. The van der Waals surface area contributed by atoms with Crippen LogP contribution in [0.2, 0.25) is 0 Å². The molecule has 0 N–H and O–H groups in total. The number of carbonyl (C=O) groups excluding carboxylic acids is 1. The lowest BCUT2D eigenvalue weighted by Crippen LogP contribution is -2.39. The van der Waals surface area contributed by atoms with Crippen LogP contribution in [0.1, 0.15) is 35.4 Å². The molecular formula is C33H25BrN2O4S. The van der Waals surface area contributed by atoms with Gasteiger partial charge in [-0.3, -0.25) is 9.36 Å². The minimum absolute atomic E-state index is 0.203. The Balaban J connectivity index is 1.55. The molecule has 0 unspecified atom stereocenters. The highest BCUT2D eigenvalue weighted by atomic mass is 79.9. The normalized spacial score (nSPS) is 15.0. The van der Waals surface area contributed by atoms with Crippen molar-refractivity contribution in [3.63, 3.8) is 0 Å². The number of fused-ring (bicyclic) bond motifs is 1. The molecule has 2 aromatic heterocycles. The van der Waals surface area contributed by atoms with E-state index in [1.165, 1.54) is 11.3 Å². The molecule has 0 amide bonds. The largest absolute Gasteiger partial charge is 0.463 e. The number of esters is 1. The molecule has 41 heavy (non-hydrogen) atoms. The van der Waals surface area contributed by atoms with Gasteiger partial charge in [0.1, 0.15) is 11.5 Å². The SMILES string of the molecule is CCOC(=O)C1=C(c2ccccc2)N=c2s/c(=C\c3ccc(-c4ccc(C)cc4Br)o3)c(=O)n2[C@H]1c1ccccc1. The summed E-state index contributed by atoms with van der Waals surface area (Å²) in [6.45, 7) is 4.00. The van der Waals surface area contributed by atoms with Gasteiger partial charge in [-0.05, 0) is 49.2 Å². The molecule has 6 rings (SSSR count). The molecule has 0 bridgehead atoms. The van der Waals surface area contributed by atoms with Crippen molar-refractivity contribution in [2.45, 2.75) is 19.9 Å². The first-order valence-electron chi connectivity index (χ1n) is 13.1. The first kappa shape index (κ1) is 26.9. The van der Waals surface area contributed by atoms with Gasteiger partial charge in [0.15, 0.2) is 4.80 Å². The Morgan fingerprint density at radius 3 is 2.49 bits per heavy atom. The number of hydrogen-bond donors (Lipinski definition) is 0. The molecule has 6 nitrogen and oxygen atoms in total. The molecule has 3 heterocycles. The molecule has 1 aliphatic rings. The lowest BCUT2D eigenvalue weighted by Gasteiger charge is -2.25. The summed E-state index contributed by atoms with van der Waals surface area (Å²) in [7, 11) is 0. The topological polar surface area (TPSA) is 73.8 Å². The van der Waals surface area contributed by atoms with Gasteiger partial charge in [-0.1, -0.05) is 94.0 Å². The summed E-state index contributed by atoms with van der Waals surface area (Å²) in [6.07, 6.45) is 1.73. The molecule has 0 saturated carbocycles. The number of rotatable bonds is 6. The van der Waals surface area contributed by atoms with Crippen molar-refractivity contribution in [3.05, 3.63) is 143 Å². The van der Waals surface area contributed by atoms with E-state index in [4.69, 9.17) is 14.1 Å². The van der Waals surface area contributed by atoms with E-state index in [2.05, 4.69) is 15.9 Å². The van der Waals surface area contributed by atoms with Gasteiger partial charge in [0.05, 0.1) is 28.5 Å². The number of carbonyl (C=O) groups is 1. The highest BCUT2D eigenvalue weighted by Gasteiger charge is 2.35. The van der Waals surface area contributed by atoms with Crippen LogP contribution in [0.3, 0.4) is 0 Å². The summed E-state index contributed by atoms with van der Waals surface area (Å²) in [4.78, 5) is 32.9. The van der Waals surface area contributed by atoms with Gasteiger partial charge in [-0.15, -0.1) is 0 Å². The van der Waals surface area contributed by atoms with Crippen LogP contribution in [0, 0.1) is 6.92 Å². The monoisotopic (exact) mass is 624 g/mol. The van der Waals surface area contributed by atoms with E-state index in [0.29, 0.717) is 32.1 Å².